The molecule has 0 aromatic heterocycles. The van der Waals surface area contributed by atoms with Crippen molar-refractivity contribution in [2.75, 3.05) is 6.26 Å². The molecule has 0 bridgehead atoms. The van der Waals surface area contributed by atoms with Gasteiger partial charge >= 0.3 is 11.9 Å². The zero-order valence-corrected chi connectivity index (χ0v) is 9.25. The molecule has 0 saturated carbocycles. The minimum absolute atomic E-state index is 0.430. The van der Waals surface area contributed by atoms with Crippen LogP contribution in [0.25, 0.3) is 0 Å². The number of carbonyl (C=O) groups excluding carboxylic acids is 3. The van der Waals surface area contributed by atoms with Crippen LogP contribution in [0.15, 0.2) is 0 Å². The summed E-state index contributed by atoms with van der Waals surface area (Å²) in [4.78, 5) is 39.7. The van der Waals surface area contributed by atoms with E-state index >= 15 is 0 Å². The summed E-state index contributed by atoms with van der Waals surface area (Å²) < 4.78 is 12.8. The average Bonchev–Trinajstić information content (AvgIpc) is 2.23. The second-order valence-corrected chi connectivity index (χ2v) is 3.51. The fraction of sp³-hybridized carbons (Fsp3) is 0.571. The standard InChI is InChI=1S/C7H10FNO6S/c1-3(10)14-15-6(12)7(9,13)4(11)5(8)16-2/h5,13H,9H2,1-2H3. The lowest BCUT2D eigenvalue weighted by molar-refractivity contribution is -0.267. The van der Waals surface area contributed by atoms with E-state index in [2.05, 4.69) is 9.78 Å². The zero-order valence-electron chi connectivity index (χ0n) is 8.43. The molecular weight excluding hydrogens is 245 g/mol. The molecule has 92 valence electrons. The van der Waals surface area contributed by atoms with Crippen LogP contribution in [0.5, 0.6) is 0 Å². The Bertz CT molecular complexity index is 307. The third-order valence-corrected chi connectivity index (χ3v) is 1.96. The molecule has 0 spiro atoms. The molecule has 0 aliphatic heterocycles. The quantitative estimate of drug-likeness (QED) is 0.281. The number of ketones is 1. The maximum Gasteiger partial charge on any atom is 0.409 e. The Labute approximate surface area is 94.0 Å². The van der Waals surface area contributed by atoms with Crippen LogP contribution in [-0.2, 0) is 24.2 Å². The van der Waals surface area contributed by atoms with Gasteiger partial charge in [0, 0.05) is 6.92 Å². The highest BCUT2D eigenvalue weighted by molar-refractivity contribution is 7.99. The van der Waals surface area contributed by atoms with Crippen molar-refractivity contribution in [2.24, 2.45) is 5.73 Å². The Kier molecular flexibility index (Phi) is 5.35. The predicted molar refractivity (Wildman–Crippen MR) is 50.4 cm³/mol. The molecule has 2 unspecified atom stereocenters. The second kappa shape index (κ2) is 5.77. The van der Waals surface area contributed by atoms with Crippen molar-refractivity contribution in [3.05, 3.63) is 0 Å². The molecule has 3 N–H and O–H groups in total. The zero-order chi connectivity index (χ0) is 12.9. The van der Waals surface area contributed by atoms with Crippen molar-refractivity contribution in [3.63, 3.8) is 0 Å². The Hall–Kier alpha value is -1.19. The summed E-state index contributed by atoms with van der Waals surface area (Å²) in [6.07, 6.45) is 1.23. The largest absolute Gasteiger partial charge is 0.409 e. The molecule has 9 heteroatoms. The van der Waals surface area contributed by atoms with E-state index in [1.807, 2.05) is 0 Å². The van der Waals surface area contributed by atoms with E-state index in [4.69, 9.17) is 5.73 Å². The van der Waals surface area contributed by atoms with Crippen molar-refractivity contribution in [1.82, 2.24) is 0 Å². The normalized spacial score (nSPS) is 15.8. The number of halogens is 1. The molecule has 0 amide bonds. The first-order valence-electron chi connectivity index (χ1n) is 3.85. The highest BCUT2D eigenvalue weighted by atomic mass is 32.2. The molecule has 0 aliphatic carbocycles. The summed E-state index contributed by atoms with van der Waals surface area (Å²) in [5, 5.41) is 9.17. The summed E-state index contributed by atoms with van der Waals surface area (Å²) in [7, 11) is 0. The van der Waals surface area contributed by atoms with Crippen LogP contribution in [0.1, 0.15) is 6.92 Å². The van der Waals surface area contributed by atoms with Gasteiger partial charge in [0.15, 0.2) is 0 Å². The highest BCUT2D eigenvalue weighted by Crippen LogP contribution is 2.15. The fourth-order valence-electron chi connectivity index (χ4n) is 0.541. The van der Waals surface area contributed by atoms with Crippen molar-refractivity contribution in [3.8, 4) is 0 Å². The number of aliphatic hydroxyl groups is 1. The van der Waals surface area contributed by atoms with Gasteiger partial charge in [-0.3, -0.25) is 10.5 Å². The molecule has 7 nitrogen and oxygen atoms in total. The summed E-state index contributed by atoms with van der Waals surface area (Å²) >= 11 is 0.430. The number of rotatable bonds is 4. The third-order valence-electron chi connectivity index (χ3n) is 1.33. The van der Waals surface area contributed by atoms with Crippen molar-refractivity contribution < 1.29 is 33.7 Å². The average molecular weight is 255 g/mol. The van der Waals surface area contributed by atoms with Crippen molar-refractivity contribution in [1.29, 1.82) is 0 Å². The highest BCUT2D eigenvalue weighted by Gasteiger charge is 2.46. The van der Waals surface area contributed by atoms with E-state index in [0.717, 1.165) is 6.92 Å². The van der Waals surface area contributed by atoms with Crippen LogP contribution >= 0.6 is 11.8 Å². The van der Waals surface area contributed by atoms with Crippen molar-refractivity contribution in [2.45, 2.75) is 18.2 Å². The van der Waals surface area contributed by atoms with Crippen LogP contribution in [-0.4, -0.2) is 40.3 Å². The minimum Gasteiger partial charge on any atom is -0.360 e. The number of hydrogen-bond acceptors (Lipinski definition) is 8. The van der Waals surface area contributed by atoms with Gasteiger partial charge in [0.1, 0.15) is 0 Å². The number of hydrogen-bond donors (Lipinski definition) is 2. The summed E-state index contributed by atoms with van der Waals surface area (Å²) in [5.74, 6) is -4.38. The Balaban J connectivity index is 4.58. The van der Waals surface area contributed by atoms with Gasteiger partial charge < -0.3 is 5.11 Å². The minimum atomic E-state index is -3.20. The number of Topliss-reactive ketones (excluding diaryl/α,β-unsaturated/α-hetero) is 1. The number of nitrogens with two attached hydrogens (primary N) is 1. The van der Waals surface area contributed by atoms with Crippen LogP contribution in [0, 0.1) is 0 Å². The SMILES string of the molecule is CSC(F)C(=O)C(N)(O)C(=O)OOC(C)=O. The molecular formula is C7H10FNO6S. The third kappa shape index (κ3) is 3.76. The van der Waals surface area contributed by atoms with E-state index < -0.39 is 29.0 Å². The van der Waals surface area contributed by atoms with Gasteiger partial charge in [0.2, 0.25) is 11.3 Å². The summed E-state index contributed by atoms with van der Waals surface area (Å²) in [6.45, 7) is 0.907. The number of thioether (sulfide) groups is 1. The van der Waals surface area contributed by atoms with E-state index in [1.54, 1.807) is 0 Å². The fourth-order valence-corrected chi connectivity index (χ4v) is 0.934. The van der Waals surface area contributed by atoms with E-state index in [0.29, 0.717) is 11.8 Å². The molecule has 2 atom stereocenters. The molecule has 0 fully saturated rings. The summed E-state index contributed by atoms with van der Waals surface area (Å²) in [6, 6.07) is 0. The van der Waals surface area contributed by atoms with Gasteiger partial charge in [0.25, 0.3) is 5.72 Å². The Morgan fingerprint density at radius 3 is 2.31 bits per heavy atom. The molecule has 16 heavy (non-hydrogen) atoms. The van der Waals surface area contributed by atoms with E-state index in [1.165, 1.54) is 6.26 Å². The monoisotopic (exact) mass is 255 g/mol. The smallest absolute Gasteiger partial charge is 0.360 e. The van der Waals surface area contributed by atoms with E-state index in [-0.39, 0.29) is 0 Å². The van der Waals surface area contributed by atoms with Crippen molar-refractivity contribution >= 4 is 29.5 Å². The Morgan fingerprint density at radius 1 is 1.44 bits per heavy atom. The molecule has 0 radical (unpaired) electrons. The lowest BCUT2D eigenvalue weighted by atomic mass is 10.1. The first-order chi connectivity index (χ1) is 7.23. The maximum absolute atomic E-state index is 12.8. The van der Waals surface area contributed by atoms with Gasteiger partial charge in [-0.1, -0.05) is 0 Å². The van der Waals surface area contributed by atoms with Crippen LogP contribution in [0.4, 0.5) is 4.39 Å². The molecule has 0 aliphatic rings. The topological polar surface area (TPSA) is 116 Å². The van der Waals surface area contributed by atoms with Gasteiger partial charge in [-0.15, -0.1) is 11.8 Å². The van der Waals surface area contributed by atoms with Crippen LogP contribution < -0.4 is 5.73 Å². The Morgan fingerprint density at radius 2 is 1.94 bits per heavy atom. The molecule has 0 aromatic rings. The van der Waals surface area contributed by atoms with Crippen LogP contribution in [0.3, 0.4) is 0 Å². The first-order valence-corrected chi connectivity index (χ1v) is 5.14. The second-order valence-electron chi connectivity index (χ2n) is 2.63. The first kappa shape index (κ1) is 14.8. The van der Waals surface area contributed by atoms with Gasteiger partial charge in [-0.05, 0) is 6.26 Å². The predicted octanol–water partition coefficient (Wildman–Crippen LogP) is -1.12. The number of alkyl halides is 1. The molecule has 0 aromatic carbocycles. The molecule has 0 saturated heterocycles. The van der Waals surface area contributed by atoms with Gasteiger partial charge in [-0.25, -0.2) is 23.8 Å². The maximum atomic E-state index is 12.8. The molecule has 0 rings (SSSR count). The van der Waals surface area contributed by atoms with E-state index in [9.17, 15) is 23.9 Å². The van der Waals surface area contributed by atoms with Gasteiger partial charge in [0.05, 0.1) is 0 Å². The lowest BCUT2D eigenvalue weighted by Gasteiger charge is -2.18. The van der Waals surface area contributed by atoms with Crippen LogP contribution in [0.2, 0.25) is 0 Å². The lowest BCUT2D eigenvalue weighted by Crippen LogP contribution is -2.58. The summed E-state index contributed by atoms with van der Waals surface area (Å²) in [5.41, 5.74) is -0.538. The number of carbonyl (C=O) groups is 3. The molecule has 0 heterocycles. The van der Waals surface area contributed by atoms with Gasteiger partial charge in [-0.2, -0.15) is 0 Å².